The molecule has 3 heteroatoms. The van der Waals surface area contributed by atoms with Gasteiger partial charge in [0.25, 0.3) is 0 Å². The summed E-state index contributed by atoms with van der Waals surface area (Å²) in [6.07, 6.45) is 4.20. The van der Waals surface area contributed by atoms with Gasteiger partial charge in [0.05, 0.1) is 11.4 Å². The number of carbonyl (C=O) groups excluding carboxylic acids is 1. The maximum Gasteiger partial charge on any atom is 0.177 e. The molecule has 1 aliphatic rings. The van der Waals surface area contributed by atoms with Crippen LogP contribution in [0.15, 0.2) is 35.9 Å². The Bertz CT molecular complexity index is 555. The minimum Gasteiger partial charge on any atom is -0.300 e. The first-order valence-electron chi connectivity index (χ1n) is 6.07. The van der Waals surface area contributed by atoms with Crippen molar-refractivity contribution in [3.05, 3.63) is 47.0 Å². The first kappa shape index (κ1) is 12.4. The van der Waals surface area contributed by atoms with Gasteiger partial charge in [-0.25, -0.2) is 0 Å². The molecule has 0 atom stereocenters. The van der Waals surface area contributed by atoms with Gasteiger partial charge < -0.3 is 0 Å². The lowest BCUT2D eigenvalue weighted by Crippen LogP contribution is -2.10. The third-order valence-corrected chi connectivity index (χ3v) is 3.20. The smallest absolute Gasteiger partial charge is 0.177 e. The number of Topliss-reactive ketones (excluding diaryl/α,β-unsaturated/α-hetero) is 1. The van der Waals surface area contributed by atoms with Gasteiger partial charge >= 0.3 is 0 Å². The summed E-state index contributed by atoms with van der Waals surface area (Å²) >= 11 is 0. The summed E-state index contributed by atoms with van der Waals surface area (Å²) in [6, 6.07) is 7.89. The van der Waals surface area contributed by atoms with E-state index in [1.807, 2.05) is 24.3 Å². The second-order valence-electron chi connectivity index (χ2n) is 4.53. The second kappa shape index (κ2) is 5.08. The van der Waals surface area contributed by atoms with Crippen molar-refractivity contribution in [3.63, 3.8) is 0 Å². The van der Waals surface area contributed by atoms with Crippen LogP contribution in [0.5, 0.6) is 0 Å². The molecule has 0 fully saturated rings. The monoisotopic (exact) mass is 240 g/mol. The molecule has 2 rings (SSSR count). The maximum atomic E-state index is 11.1. The van der Waals surface area contributed by atoms with E-state index in [0.29, 0.717) is 5.71 Å². The lowest BCUT2D eigenvalue weighted by Gasteiger charge is -2.07. The molecule has 0 saturated heterocycles. The van der Waals surface area contributed by atoms with Crippen LogP contribution in [0.3, 0.4) is 0 Å². The third kappa shape index (κ3) is 2.45. The van der Waals surface area contributed by atoms with Gasteiger partial charge in [-0.2, -0.15) is 0 Å². The van der Waals surface area contributed by atoms with Crippen LogP contribution in [0, 0.1) is 10.8 Å². The van der Waals surface area contributed by atoms with Gasteiger partial charge in [-0.05, 0) is 36.5 Å². The van der Waals surface area contributed by atoms with E-state index in [2.05, 4.69) is 0 Å². The lowest BCUT2D eigenvalue weighted by molar-refractivity contribution is -0.111. The molecule has 0 aliphatic heterocycles. The van der Waals surface area contributed by atoms with Crippen LogP contribution >= 0.6 is 0 Å². The van der Waals surface area contributed by atoms with Crippen molar-refractivity contribution in [2.24, 2.45) is 0 Å². The third-order valence-electron chi connectivity index (χ3n) is 3.20. The number of hydrogen-bond donors (Lipinski definition) is 2. The number of carbonyl (C=O) groups is 1. The van der Waals surface area contributed by atoms with Crippen LogP contribution in [0.1, 0.15) is 30.9 Å². The molecule has 0 spiro atoms. The van der Waals surface area contributed by atoms with E-state index >= 15 is 0 Å². The summed E-state index contributed by atoms with van der Waals surface area (Å²) in [7, 11) is 0. The Morgan fingerprint density at radius 2 is 2.00 bits per heavy atom. The van der Waals surface area contributed by atoms with Crippen LogP contribution in [0.2, 0.25) is 0 Å². The van der Waals surface area contributed by atoms with Gasteiger partial charge in [0.15, 0.2) is 5.78 Å². The van der Waals surface area contributed by atoms with Crippen molar-refractivity contribution in [3.8, 4) is 0 Å². The van der Waals surface area contributed by atoms with Gasteiger partial charge in [-0.3, -0.25) is 15.6 Å². The van der Waals surface area contributed by atoms with Gasteiger partial charge in [-0.15, -0.1) is 0 Å². The van der Waals surface area contributed by atoms with Gasteiger partial charge in [0.1, 0.15) is 0 Å². The van der Waals surface area contributed by atoms with E-state index in [1.54, 1.807) is 6.08 Å². The summed E-state index contributed by atoms with van der Waals surface area (Å²) in [4.78, 5) is 11.1. The zero-order valence-electron chi connectivity index (χ0n) is 10.4. The molecule has 18 heavy (non-hydrogen) atoms. The molecule has 0 unspecified atom stereocenters. The highest BCUT2D eigenvalue weighted by atomic mass is 16.1. The quantitative estimate of drug-likeness (QED) is 0.606. The highest BCUT2D eigenvalue weighted by Crippen LogP contribution is 2.24. The van der Waals surface area contributed by atoms with Gasteiger partial charge in [0.2, 0.25) is 0 Å². The van der Waals surface area contributed by atoms with Crippen molar-refractivity contribution in [2.75, 3.05) is 0 Å². The summed E-state index contributed by atoms with van der Waals surface area (Å²) < 4.78 is 0. The number of allylic oxidation sites excluding steroid dienone is 2. The fourth-order valence-corrected chi connectivity index (χ4v) is 2.17. The minimum absolute atomic E-state index is 0.0193. The fraction of sp³-hybridized carbons (Fsp3) is 0.267. The Balaban J connectivity index is 2.39. The Kier molecular flexibility index (Phi) is 3.51. The largest absolute Gasteiger partial charge is 0.300 e. The average Bonchev–Trinajstić information content (AvgIpc) is 2.51. The van der Waals surface area contributed by atoms with E-state index in [-0.39, 0.29) is 11.5 Å². The standard InChI is InChI=1S/C15H16N2O/c1-10(18)14(16)9-12-7-4-6-11-5-2-3-8-13(11)15(12)17/h2-3,5,8-9,16-17H,4,6-7H2,1H3/b12-9-,16-14?,17-15?. The van der Waals surface area contributed by atoms with E-state index in [1.165, 1.54) is 12.5 Å². The molecule has 0 aromatic heterocycles. The van der Waals surface area contributed by atoms with E-state index in [0.717, 1.165) is 30.4 Å². The number of hydrogen-bond acceptors (Lipinski definition) is 3. The first-order valence-corrected chi connectivity index (χ1v) is 6.07. The predicted molar refractivity (Wildman–Crippen MR) is 72.7 cm³/mol. The topological polar surface area (TPSA) is 64.8 Å². The number of fused-ring (bicyclic) bond motifs is 1. The molecule has 3 nitrogen and oxygen atoms in total. The molecule has 0 radical (unpaired) electrons. The molecule has 0 heterocycles. The van der Waals surface area contributed by atoms with Crippen molar-refractivity contribution < 1.29 is 4.79 Å². The van der Waals surface area contributed by atoms with Crippen LogP contribution < -0.4 is 0 Å². The van der Waals surface area contributed by atoms with Crippen molar-refractivity contribution in [2.45, 2.75) is 26.2 Å². The Labute approximate surface area is 107 Å². The molecule has 2 N–H and O–H groups in total. The highest BCUT2D eigenvalue weighted by Gasteiger charge is 2.17. The van der Waals surface area contributed by atoms with Crippen LogP contribution in [0.4, 0.5) is 0 Å². The Hall–Kier alpha value is -2.03. The summed E-state index contributed by atoms with van der Waals surface area (Å²) in [5.74, 6) is -0.257. The number of aryl methyl sites for hydroxylation is 1. The second-order valence-corrected chi connectivity index (χ2v) is 4.53. The Morgan fingerprint density at radius 1 is 1.28 bits per heavy atom. The molecule has 1 aromatic carbocycles. The van der Waals surface area contributed by atoms with Crippen molar-refractivity contribution in [1.82, 2.24) is 0 Å². The molecule has 92 valence electrons. The number of rotatable bonds is 2. The zero-order chi connectivity index (χ0) is 13.1. The van der Waals surface area contributed by atoms with E-state index < -0.39 is 0 Å². The molecule has 0 bridgehead atoms. The number of benzene rings is 1. The molecule has 0 saturated carbocycles. The Morgan fingerprint density at radius 3 is 2.72 bits per heavy atom. The van der Waals surface area contributed by atoms with Gasteiger partial charge in [-0.1, -0.05) is 24.3 Å². The van der Waals surface area contributed by atoms with E-state index in [9.17, 15) is 4.79 Å². The maximum absolute atomic E-state index is 11.1. The first-order chi connectivity index (χ1) is 8.59. The number of ketones is 1. The summed E-state index contributed by atoms with van der Waals surface area (Å²) in [5, 5.41) is 15.8. The highest BCUT2D eigenvalue weighted by molar-refractivity contribution is 6.43. The molecular weight excluding hydrogens is 224 g/mol. The predicted octanol–water partition coefficient (Wildman–Crippen LogP) is 2.93. The molecule has 1 aromatic rings. The van der Waals surface area contributed by atoms with Crippen LogP contribution in [-0.4, -0.2) is 17.2 Å². The SMILES string of the molecule is CC(=O)C(=N)/C=C1/CCCc2ccccc2C1=N. The molecule has 0 amide bonds. The van der Waals surface area contributed by atoms with Crippen molar-refractivity contribution in [1.29, 1.82) is 10.8 Å². The van der Waals surface area contributed by atoms with Crippen LogP contribution in [-0.2, 0) is 11.2 Å². The van der Waals surface area contributed by atoms with Gasteiger partial charge in [0, 0.05) is 12.5 Å². The van der Waals surface area contributed by atoms with Crippen LogP contribution in [0.25, 0.3) is 0 Å². The van der Waals surface area contributed by atoms with Crippen molar-refractivity contribution >= 4 is 17.2 Å². The summed E-state index contributed by atoms with van der Waals surface area (Å²) in [6.45, 7) is 1.38. The average molecular weight is 240 g/mol. The fourth-order valence-electron chi connectivity index (χ4n) is 2.17. The minimum atomic E-state index is -0.257. The molecule has 1 aliphatic carbocycles. The summed E-state index contributed by atoms with van der Waals surface area (Å²) in [5.41, 5.74) is 3.33. The molecular formula is C15H16N2O. The normalized spacial score (nSPS) is 17.2. The zero-order valence-corrected chi connectivity index (χ0v) is 10.4. The van der Waals surface area contributed by atoms with E-state index in [4.69, 9.17) is 10.8 Å². The number of nitrogens with one attached hydrogen (secondary N) is 2. The lowest BCUT2D eigenvalue weighted by atomic mass is 9.98.